The van der Waals surface area contributed by atoms with E-state index in [1.807, 2.05) is 79.7 Å². The monoisotopic (exact) mass is 423 g/mol. The molecule has 6 nitrogen and oxygen atoms in total. The molecule has 6 atom stereocenters. The summed E-state index contributed by atoms with van der Waals surface area (Å²) in [5.41, 5.74) is 2.00. The second-order valence-corrected chi connectivity index (χ2v) is 7.83. The molecule has 31 heavy (non-hydrogen) atoms. The summed E-state index contributed by atoms with van der Waals surface area (Å²) in [6.45, 7) is 4.23. The summed E-state index contributed by atoms with van der Waals surface area (Å²) in [6, 6.07) is 19.4. The predicted octanol–water partition coefficient (Wildman–Crippen LogP) is 3.53. The third-order valence-electron chi connectivity index (χ3n) is 5.53. The van der Waals surface area contributed by atoms with Crippen molar-refractivity contribution in [1.82, 2.24) is 5.32 Å². The van der Waals surface area contributed by atoms with Crippen molar-refractivity contribution in [2.45, 2.75) is 57.2 Å². The Morgan fingerprint density at radius 1 is 1.10 bits per heavy atom. The van der Waals surface area contributed by atoms with Crippen LogP contribution in [0.25, 0.3) is 0 Å². The first-order valence-electron chi connectivity index (χ1n) is 10.7. The van der Waals surface area contributed by atoms with Gasteiger partial charge in [0.25, 0.3) is 0 Å². The van der Waals surface area contributed by atoms with Crippen LogP contribution in [-0.4, -0.2) is 43.0 Å². The topological polar surface area (TPSA) is 66.0 Å². The van der Waals surface area contributed by atoms with Gasteiger partial charge in [0.15, 0.2) is 6.29 Å². The summed E-state index contributed by atoms with van der Waals surface area (Å²) in [7, 11) is 0. The molecule has 4 unspecified atom stereocenters. The summed E-state index contributed by atoms with van der Waals surface area (Å²) >= 11 is 0. The van der Waals surface area contributed by atoms with Gasteiger partial charge in [-0.15, -0.1) is 0 Å². The van der Waals surface area contributed by atoms with E-state index in [1.54, 1.807) is 0 Å². The zero-order valence-corrected chi connectivity index (χ0v) is 17.8. The Morgan fingerprint density at radius 3 is 2.48 bits per heavy atom. The van der Waals surface area contributed by atoms with Gasteiger partial charge in [0.1, 0.15) is 18.3 Å². The molecule has 2 aliphatic heterocycles. The maximum absolute atomic E-state index is 12.0. The minimum absolute atomic E-state index is 0.137. The molecule has 0 spiro atoms. The average Bonchev–Trinajstić information content (AvgIpc) is 2.79. The van der Waals surface area contributed by atoms with Crippen LogP contribution in [0.5, 0.6) is 0 Å². The maximum Gasteiger partial charge on any atom is 0.217 e. The highest BCUT2D eigenvalue weighted by Crippen LogP contribution is 2.36. The molecule has 2 fully saturated rings. The second-order valence-electron chi connectivity index (χ2n) is 7.83. The molecule has 1 N–H and O–H groups in total. The Balaban J connectivity index is 1.60. The lowest BCUT2D eigenvalue weighted by molar-refractivity contribution is -0.316. The van der Waals surface area contributed by atoms with Crippen LogP contribution in [0.2, 0.25) is 0 Å². The van der Waals surface area contributed by atoms with Gasteiger partial charge in [-0.1, -0.05) is 72.8 Å². The Labute approximate surface area is 183 Å². The molecule has 0 aromatic heterocycles. The largest absolute Gasteiger partial charge is 0.368 e. The van der Waals surface area contributed by atoms with Crippen molar-refractivity contribution in [2.75, 3.05) is 6.61 Å². The number of nitrogens with one attached hydrogen (secondary N) is 1. The van der Waals surface area contributed by atoms with Gasteiger partial charge >= 0.3 is 0 Å². The summed E-state index contributed by atoms with van der Waals surface area (Å²) in [4.78, 5) is 12.0. The number of hydrogen-bond acceptors (Lipinski definition) is 5. The Bertz CT molecular complexity index is 872. The van der Waals surface area contributed by atoms with E-state index in [2.05, 4.69) is 5.32 Å². The molecule has 0 saturated carbocycles. The van der Waals surface area contributed by atoms with Crippen LogP contribution in [0.15, 0.2) is 72.8 Å². The fourth-order valence-electron chi connectivity index (χ4n) is 4.13. The highest BCUT2D eigenvalue weighted by atomic mass is 16.7. The number of benzene rings is 2. The SMILES string of the molecule is C/C=C/[C@H]1OC2COC(c3ccccc3)O[C@H]2C(OCc2ccccc2)C1NC(C)=O. The quantitative estimate of drug-likeness (QED) is 0.720. The fraction of sp³-hybridized carbons (Fsp3) is 0.400. The van der Waals surface area contributed by atoms with Gasteiger partial charge in [-0.3, -0.25) is 4.79 Å². The number of fused-ring (bicyclic) bond motifs is 1. The first kappa shape index (κ1) is 21.7. The van der Waals surface area contributed by atoms with Crippen LogP contribution in [0.1, 0.15) is 31.3 Å². The van der Waals surface area contributed by atoms with Crippen molar-refractivity contribution in [3.63, 3.8) is 0 Å². The molecular formula is C25H29NO5. The number of carbonyl (C=O) groups excluding carboxylic acids is 1. The molecule has 6 heteroatoms. The van der Waals surface area contributed by atoms with Crippen LogP contribution < -0.4 is 5.32 Å². The van der Waals surface area contributed by atoms with Crippen LogP contribution in [0, 0.1) is 0 Å². The first-order valence-corrected chi connectivity index (χ1v) is 10.7. The van der Waals surface area contributed by atoms with Crippen LogP contribution in [0.4, 0.5) is 0 Å². The summed E-state index contributed by atoms with van der Waals surface area (Å²) in [6.07, 6.45) is 1.93. The summed E-state index contributed by atoms with van der Waals surface area (Å²) in [5, 5.41) is 3.03. The number of allylic oxidation sites excluding steroid dienone is 1. The van der Waals surface area contributed by atoms with E-state index in [0.29, 0.717) is 13.2 Å². The molecule has 2 heterocycles. The first-order chi connectivity index (χ1) is 15.2. The van der Waals surface area contributed by atoms with Gasteiger partial charge in [-0.05, 0) is 12.5 Å². The number of rotatable bonds is 6. The van der Waals surface area contributed by atoms with E-state index in [0.717, 1.165) is 11.1 Å². The molecule has 0 aliphatic carbocycles. The van der Waals surface area contributed by atoms with Gasteiger partial charge < -0.3 is 24.3 Å². The van der Waals surface area contributed by atoms with Crippen LogP contribution in [0.3, 0.4) is 0 Å². The van der Waals surface area contributed by atoms with Crippen molar-refractivity contribution in [3.05, 3.63) is 83.9 Å². The Morgan fingerprint density at radius 2 is 1.81 bits per heavy atom. The standard InChI is InChI=1S/C25H29NO5/c1-3-10-20-22(26-17(2)27)24(28-15-18-11-6-4-7-12-18)23-21(30-20)16-29-25(31-23)19-13-8-5-9-14-19/h3-14,20-25H,15-16H2,1-2H3,(H,26,27)/b10-3+/t20-,21?,22?,23-,24?,25?/m1/s1. The number of carbonyl (C=O) groups is 1. The summed E-state index contributed by atoms with van der Waals surface area (Å²) in [5.74, 6) is -0.137. The van der Waals surface area contributed by atoms with E-state index in [4.69, 9.17) is 18.9 Å². The number of ether oxygens (including phenoxy) is 4. The van der Waals surface area contributed by atoms with Gasteiger partial charge in [0, 0.05) is 12.5 Å². The zero-order chi connectivity index (χ0) is 21.6. The predicted molar refractivity (Wildman–Crippen MR) is 116 cm³/mol. The van der Waals surface area contributed by atoms with Gasteiger partial charge in [-0.2, -0.15) is 0 Å². The molecule has 2 saturated heterocycles. The molecule has 4 rings (SSSR count). The zero-order valence-electron chi connectivity index (χ0n) is 17.8. The molecule has 2 aromatic rings. The highest BCUT2D eigenvalue weighted by molar-refractivity contribution is 5.73. The molecule has 1 amide bonds. The second kappa shape index (κ2) is 10.2. The van der Waals surface area contributed by atoms with Crippen LogP contribution >= 0.6 is 0 Å². The minimum atomic E-state index is -0.509. The van der Waals surface area contributed by atoms with Crippen molar-refractivity contribution in [1.29, 1.82) is 0 Å². The van der Waals surface area contributed by atoms with Gasteiger partial charge in [-0.25, -0.2) is 0 Å². The maximum atomic E-state index is 12.0. The molecular weight excluding hydrogens is 394 g/mol. The summed E-state index contributed by atoms with van der Waals surface area (Å²) < 4.78 is 25.0. The van der Waals surface area contributed by atoms with E-state index >= 15 is 0 Å². The smallest absolute Gasteiger partial charge is 0.217 e. The van der Waals surface area contributed by atoms with Crippen LogP contribution in [-0.2, 0) is 30.3 Å². The average molecular weight is 424 g/mol. The van der Waals surface area contributed by atoms with Gasteiger partial charge in [0.05, 0.1) is 25.4 Å². The van der Waals surface area contributed by atoms with Gasteiger partial charge in [0.2, 0.25) is 5.91 Å². The fourth-order valence-corrected chi connectivity index (χ4v) is 4.13. The minimum Gasteiger partial charge on any atom is -0.368 e. The van der Waals surface area contributed by atoms with Crippen molar-refractivity contribution < 1.29 is 23.7 Å². The van der Waals surface area contributed by atoms with Crippen molar-refractivity contribution in [3.8, 4) is 0 Å². The van der Waals surface area contributed by atoms with E-state index in [9.17, 15) is 4.79 Å². The molecule has 0 radical (unpaired) electrons. The van der Waals surface area contributed by atoms with E-state index in [1.165, 1.54) is 6.92 Å². The number of amides is 1. The highest BCUT2D eigenvalue weighted by Gasteiger charge is 2.50. The lowest BCUT2D eigenvalue weighted by Crippen LogP contribution is -2.66. The number of hydrogen-bond donors (Lipinski definition) is 1. The molecule has 2 aromatic carbocycles. The lowest BCUT2D eigenvalue weighted by Gasteiger charge is -2.49. The molecule has 164 valence electrons. The molecule has 2 aliphatic rings. The molecule has 0 bridgehead atoms. The van der Waals surface area contributed by atoms with Crippen molar-refractivity contribution in [2.24, 2.45) is 0 Å². The van der Waals surface area contributed by atoms with E-state index < -0.39 is 12.4 Å². The third-order valence-corrected chi connectivity index (χ3v) is 5.53. The normalized spacial score (nSPS) is 30.6. The Hall–Kier alpha value is -2.51. The third kappa shape index (κ3) is 5.22. The van der Waals surface area contributed by atoms with E-state index in [-0.39, 0.29) is 30.3 Å². The lowest BCUT2D eigenvalue weighted by atomic mass is 9.91. The van der Waals surface area contributed by atoms with Crippen molar-refractivity contribution >= 4 is 5.91 Å². The Kier molecular flexibility index (Phi) is 7.14.